The van der Waals surface area contributed by atoms with E-state index >= 15 is 0 Å². The fourth-order valence-electron chi connectivity index (χ4n) is 2.77. The molecule has 0 aliphatic carbocycles. The molecular formula is C14H23N3. The van der Waals surface area contributed by atoms with Gasteiger partial charge in [-0.15, -0.1) is 0 Å². The van der Waals surface area contributed by atoms with Crippen molar-refractivity contribution in [3.63, 3.8) is 0 Å². The van der Waals surface area contributed by atoms with Crippen LogP contribution >= 0.6 is 0 Å². The molecule has 1 N–H and O–H groups in total. The molecule has 3 nitrogen and oxygen atoms in total. The second-order valence-corrected chi connectivity index (χ2v) is 4.91. The molecule has 1 aromatic heterocycles. The summed E-state index contributed by atoms with van der Waals surface area (Å²) < 4.78 is 0. The average molecular weight is 233 g/mol. The third-order valence-electron chi connectivity index (χ3n) is 3.82. The van der Waals surface area contributed by atoms with Crippen molar-refractivity contribution in [2.75, 3.05) is 20.1 Å². The topological polar surface area (TPSA) is 28.2 Å². The van der Waals surface area contributed by atoms with E-state index in [0.29, 0.717) is 6.04 Å². The number of rotatable bonds is 4. The Balaban J connectivity index is 1.91. The summed E-state index contributed by atoms with van der Waals surface area (Å²) in [4.78, 5) is 6.94. The number of piperidine rings is 1. The summed E-state index contributed by atoms with van der Waals surface area (Å²) in [6.45, 7) is 5.66. The van der Waals surface area contributed by atoms with Crippen molar-refractivity contribution < 1.29 is 0 Å². The van der Waals surface area contributed by atoms with Crippen molar-refractivity contribution in [1.82, 2.24) is 15.2 Å². The molecule has 0 amide bonds. The van der Waals surface area contributed by atoms with Gasteiger partial charge in [-0.2, -0.15) is 0 Å². The smallest absolute Gasteiger partial charge is 0.0543 e. The van der Waals surface area contributed by atoms with Crippen LogP contribution in [0.3, 0.4) is 0 Å². The van der Waals surface area contributed by atoms with Crippen LogP contribution in [0.1, 0.15) is 25.5 Å². The van der Waals surface area contributed by atoms with Gasteiger partial charge in [-0.05, 0) is 31.5 Å². The SMILES string of the molecule is CCC1CN(Cc2ccccn2)CCC1NC. The molecule has 1 saturated heterocycles. The zero-order valence-electron chi connectivity index (χ0n) is 10.9. The lowest BCUT2D eigenvalue weighted by molar-refractivity contribution is 0.131. The van der Waals surface area contributed by atoms with E-state index in [1.807, 2.05) is 12.3 Å². The Hall–Kier alpha value is -0.930. The second kappa shape index (κ2) is 6.12. The molecule has 1 aromatic rings. The van der Waals surface area contributed by atoms with Crippen molar-refractivity contribution in [2.24, 2.45) is 5.92 Å². The van der Waals surface area contributed by atoms with Gasteiger partial charge < -0.3 is 5.32 Å². The van der Waals surface area contributed by atoms with E-state index in [0.717, 1.165) is 12.5 Å². The molecule has 1 aliphatic heterocycles. The monoisotopic (exact) mass is 233 g/mol. The number of aromatic nitrogens is 1. The summed E-state index contributed by atoms with van der Waals surface area (Å²) >= 11 is 0. The second-order valence-electron chi connectivity index (χ2n) is 4.91. The lowest BCUT2D eigenvalue weighted by Crippen LogP contribution is -2.47. The van der Waals surface area contributed by atoms with Crippen LogP contribution in [0.25, 0.3) is 0 Å². The summed E-state index contributed by atoms with van der Waals surface area (Å²) in [5.74, 6) is 0.775. The third kappa shape index (κ3) is 3.27. The number of pyridine rings is 1. The summed E-state index contributed by atoms with van der Waals surface area (Å²) in [5.41, 5.74) is 1.19. The fourth-order valence-corrected chi connectivity index (χ4v) is 2.77. The number of likely N-dealkylation sites (tertiary alicyclic amines) is 1. The standard InChI is InChI=1S/C14H23N3/c1-3-12-10-17(9-7-14(12)15-2)11-13-6-4-5-8-16-13/h4-6,8,12,14-15H,3,7,9-11H2,1-2H3. The highest BCUT2D eigenvalue weighted by Gasteiger charge is 2.26. The molecular weight excluding hydrogens is 210 g/mol. The number of hydrogen-bond acceptors (Lipinski definition) is 3. The van der Waals surface area contributed by atoms with Crippen molar-refractivity contribution >= 4 is 0 Å². The zero-order valence-corrected chi connectivity index (χ0v) is 10.9. The van der Waals surface area contributed by atoms with Gasteiger partial charge in [-0.3, -0.25) is 9.88 Å². The molecule has 94 valence electrons. The van der Waals surface area contributed by atoms with Gasteiger partial charge in [-0.25, -0.2) is 0 Å². The lowest BCUT2D eigenvalue weighted by Gasteiger charge is -2.38. The van der Waals surface area contributed by atoms with Gasteiger partial charge in [0.15, 0.2) is 0 Å². The molecule has 0 radical (unpaired) electrons. The molecule has 1 fully saturated rings. The Bertz CT molecular complexity index is 325. The molecule has 1 aliphatic rings. The Morgan fingerprint density at radius 3 is 3.00 bits per heavy atom. The highest BCUT2D eigenvalue weighted by molar-refractivity contribution is 5.03. The minimum absolute atomic E-state index is 0.694. The van der Waals surface area contributed by atoms with E-state index in [-0.39, 0.29) is 0 Å². The molecule has 0 spiro atoms. The first-order valence-corrected chi connectivity index (χ1v) is 6.63. The Morgan fingerprint density at radius 2 is 2.35 bits per heavy atom. The number of hydrogen-bond donors (Lipinski definition) is 1. The van der Waals surface area contributed by atoms with Gasteiger partial charge in [0.25, 0.3) is 0 Å². The largest absolute Gasteiger partial charge is 0.317 e. The maximum atomic E-state index is 4.41. The normalized spacial score (nSPS) is 26.0. The van der Waals surface area contributed by atoms with E-state index in [2.05, 4.69) is 41.3 Å². The van der Waals surface area contributed by atoms with E-state index in [4.69, 9.17) is 0 Å². The molecule has 2 unspecified atom stereocenters. The van der Waals surface area contributed by atoms with E-state index in [1.165, 1.54) is 31.6 Å². The fraction of sp³-hybridized carbons (Fsp3) is 0.643. The van der Waals surface area contributed by atoms with Gasteiger partial charge >= 0.3 is 0 Å². The van der Waals surface area contributed by atoms with Crippen LogP contribution in [-0.2, 0) is 6.54 Å². The summed E-state index contributed by atoms with van der Waals surface area (Å²) in [5, 5.41) is 3.45. The van der Waals surface area contributed by atoms with Crippen molar-refractivity contribution in [2.45, 2.75) is 32.4 Å². The van der Waals surface area contributed by atoms with Crippen molar-refractivity contribution in [1.29, 1.82) is 0 Å². The minimum Gasteiger partial charge on any atom is -0.317 e. The Morgan fingerprint density at radius 1 is 1.47 bits per heavy atom. The summed E-state index contributed by atoms with van der Waals surface area (Å²) in [6.07, 6.45) is 4.39. The molecule has 0 saturated carbocycles. The molecule has 0 aromatic carbocycles. The summed E-state index contributed by atoms with van der Waals surface area (Å²) in [6, 6.07) is 6.86. The van der Waals surface area contributed by atoms with E-state index < -0.39 is 0 Å². The van der Waals surface area contributed by atoms with Gasteiger partial charge in [0.1, 0.15) is 0 Å². The van der Waals surface area contributed by atoms with Crippen LogP contribution < -0.4 is 5.32 Å². The minimum atomic E-state index is 0.694. The van der Waals surface area contributed by atoms with Crippen LogP contribution in [0.15, 0.2) is 24.4 Å². The molecule has 2 heterocycles. The van der Waals surface area contributed by atoms with Gasteiger partial charge in [0.05, 0.1) is 5.69 Å². The molecule has 0 bridgehead atoms. The third-order valence-corrected chi connectivity index (χ3v) is 3.82. The number of nitrogens with zero attached hydrogens (tertiary/aromatic N) is 2. The molecule has 2 atom stereocenters. The number of nitrogens with one attached hydrogen (secondary N) is 1. The van der Waals surface area contributed by atoms with Crippen LogP contribution in [0.4, 0.5) is 0 Å². The van der Waals surface area contributed by atoms with Gasteiger partial charge in [-0.1, -0.05) is 19.4 Å². The predicted octanol–water partition coefficient (Wildman–Crippen LogP) is 1.90. The summed E-state index contributed by atoms with van der Waals surface area (Å²) in [7, 11) is 2.09. The van der Waals surface area contributed by atoms with E-state index in [9.17, 15) is 0 Å². The highest BCUT2D eigenvalue weighted by Crippen LogP contribution is 2.21. The molecule has 2 rings (SSSR count). The first-order chi connectivity index (χ1) is 8.33. The van der Waals surface area contributed by atoms with Crippen molar-refractivity contribution in [3.05, 3.63) is 30.1 Å². The Kier molecular flexibility index (Phi) is 4.51. The van der Waals surface area contributed by atoms with Gasteiger partial charge in [0.2, 0.25) is 0 Å². The average Bonchev–Trinajstić information content (AvgIpc) is 2.40. The maximum Gasteiger partial charge on any atom is 0.0543 e. The van der Waals surface area contributed by atoms with Crippen LogP contribution in [0.2, 0.25) is 0 Å². The lowest BCUT2D eigenvalue weighted by atomic mass is 9.90. The van der Waals surface area contributed by atoms with Crippen LogP contribution in [0.5, 0.6) is 0 Å². The quantitative estimate of drug-likeness (QED) is 0.861. The predicted molar refractivity (Wildman–Crippen MR) is 70.8 cm³/mol. The maximum absolute atomic E-state index is 4.41. The first-order valence-electron chi connectivity index (χ1n) is 6.63. The highest BCUT2D eigenvalue weighted by atomic mass is 15.2. The van der Waals surface area contributed by atoms with Gasteiger partial charge in [0, 0.05) is 31.9 Å². The zero-order chi connectivity index (χ0) is 12.1. The Labute approximate surface area is 104 Å². The van der Waals surface area contributed by atoms with Crippen LogP contribution in [-0.4, -0.2) is 36.1 Å². The van der Waals surface area contributed by atoms with Crippen molar-refractivity contribution in [3.8, 4) is 0 Å². The molecule has 3 heteroatoms. The molecule has 17 heavy (non-hydrogen) atoms. The van der Waals surface area contributed by atoms with E-state index in [1.54, 1.807) is 0 Å². The van der Waals surface area contributed by atoms with Crippen LogP contribution in [0, 0.1) is 5.92 Å². The first kappa shape index (κ1) is 12.5.